The van der Waals surface area contributed by atoms with Crippen LogP contribution in [-0.4, -0.2) is 70.0 Å². The van der Waals surface area contributed by atoms with E-state index in [1.165, 1.54) is 321 Å². The Morgan fingerprint density at radius 3 is 0.929 bits per heavy atom. The van der Waals surface area contributed by atoms with Gasteiger partial charge in [0.1, 0.15) is 19.8 Å². The number of hydrogen-bond acceptors (Lipinski definition) is 8. The summed E-state index contributed by atoms with van der Waals surface area (Å²) in [6, 6.07) is 0. The van der Waals surface area contributed by atoms with Crippen LogP contribution in [-0.2, 0) is 32.7 Å². The number of carbonyl (C=O) groups is 2. The fourth-order valence-corrected chi connectivity index (χ4v) is 12.2. The lowest BCUT2D eigenvalue weighted by atomic mass is 10.0. The van der Waals surface area contributed by atoms with E-state index >= 15 is 0 Å². The summed E-state index contributed by atoms with van der Waals surface area (Å²) in [6.45, 7) is 4.32. The van der Waals surface area contributed by atoms with Gasteiger partial charge in [0.05, 0.1) is 27.7 Å². The molecule has 2 atom stereocenters. The van der Waals surface area contributed by atoms with E-state index in [2.05, 4.69) is 38.2 Å². The van der Waals surface area contributed by atoms with E-state index in [0.717, 1.165) is 38.5 Å². The minimum absolute atomic E-state index is 0.0263. The van der Waals surface area contributed by atoms with Gasteiger partial charge in [-0.3, -0.25) is 14.2 Å². The highest BCUT2D eigenvalue weighted by molar-refractivity contribution is 7.45. The number of quaternary nitrogens is 1. The molecule has 9 nitrogen and oxygen atoms in total. The number of unbranched alkanes of at least 4 members (excludes halogenated alkanes) is 53. The highest BCUT2D eigenvalue weighted by Gasteiger charge is 2.22. The monoisotopic (exact) mass is 1220 g/mol. The summed E-state index contributed by atoms with van der Waals surface area (Å²) in [6.07, 6.45) is 84.3. The Bertz CT molecular complexity index is 1480. The molecule has 504 valence electrons. The Hall–Kier alpha value is -1.51. The van der Waals surface area contributed by atoms with Crippen LogP contribution in [0.3, 0.4) is 0 Å². The van der Waals surface area contributed by atoms with E-state index in [1.54, 1.807) is 0 Å². The number of phosphoric ester groups is 1. The number of rotatable bonds is 71. The Kier molecular flexibility index (Phi) is 65.7. The maximum atomic E-state index is 12.9. The van der Waals surface area contributed by atoms with E-state index in [4.69, 9.17) is 18.5 Å². The zero-order valence-electron chi connectivity index (χ0n) is 57.6. The zero-order valence-corrected chi connectivity index (χ0v) is 58.5. The van der Waals surface area contributed by atoms with Crippen molar-refractivity contribution < 1.29 is 42.1 Å². The molecule has 0 heterocycles. The third-order valence-electron chi connectivity index (χ3n) is 17.2. The second-order valence-corrected chi connectivity index (χ2v) is 28.4. The summed E-state index contributed by atoms with van der Waals surface area (Å²) in [4.78, 5) is 38.1. The van der Waals surface area contributed by atoms with Crippen LogP contribution < -0.4 is 4.89 Å². The van der Waals surface area contributed by atoms with E-state index in [1.807, 2.05) is 21.1 Å². The first-order chi connectivity index (χ1) is 41.5. The van der Waals surface area contributed by atoms with Crippen molar-refractivity contribution in [2.45, 2.75) is 399 Å². The highest BCUT2D eigenvalue weighted by atomic mass is 31.2. The largest absolute Gasteiger partial charge is 0.756 e. The molecule has 0 rings (SSSR count). The molecule has 85 heavy (non-hydrogen) atoms. The maximum Gasteiger partial charge on any atom is 0.306 e. The van der Waals surface area contributed by atoms with E-state index in [0.29, 0.717) is 17.4 Å². The van der Waals surface area contributed by atoms with Crippen molar-refractivity contribution in [2.75, 3.05) is 47.5 Å². The number of hydrogen-bond donors (Lipinski definition) is 0. The summed E-state index contributed by atoms with van der Waals surface area (Å²) in [5.74, 6) is -0.806. The van der Waals surface area contributed by atoms with Gasteiger partial charge in [-0.15, -0.1) is 0 Å². The molecule has 0 amide bonds. The van der Waals surface area contributed by atoms with Crippen LogP contribution in [0.1, 0.15) is 393 Å². The molecular weight excluding hydrogens is 1070 g/mol. The number of carbonyl (C=O) groups excluding carboxylic acids is 2. The van der Waals surface area contributed by atoms with Crippen LogP contribution in [0.2, 0.25) is 0 Å². The molecular formula is C75H146NO8P. The number of phosphoric acid groups is 1. The lowest BCUT2D eigenvalue weighted by Crippen LogP contribution is -2.37. The zero-order chi connectivity index (χ0) is 61.9. The fourth-order valence-electron chi connectivity index (χ4n) is 11.5. The second kappa shape index (κ2) is 66.9. The van der Waals surface area contributed by atoms with Gasteiger partial charge in [0, 0.05) is 12.8 Å². The predicted octanol–water partition coefficient (Wildman–Crippen LogP) is 23.8. The van der Waals surface area contributed by atoms with Crippen LogP contribution >= 0.6 is 7.82 Å². The van der Waals surface area contributed by atoms with Gasteiger partial charge in [-0.05, 0) is 44.9 Å². The van der Waals surface area contributed by atoms with Gasteiger partial charge in [-0.1, -0.05) is 359 Å². The summed E-state index contributed by atoms with van der Waals surface area (Å²) >= 11 is 0. The third-order valence-corrected chi connectivity index (χ3v) is 18.2. The highest BCUT2D eigenvalue weighted by Crippen LogP contribution is 2.38. The van der Waals surface area contributed by atoms with Crippen LogP contribution in [0, 0.1) is 0 Å². The van der Waals surface area contributed by atoms with Crippen molar-refractivity contribution >= 4 is 19.8 Å². The van der Waals surface area contributed by atoms with Crippen LogP contribution in [0.15, 0.2) is 24.3 Å². The lowest BCUT2D eigenvalue weighted by Gasteiger charge is -2.28. The van der Waals surface area contributed by atoms with E-state index in [-0.39, 0.29) is 32.0 Å². The minimum Gasteiger partial charge on any atom is -0.756 e. The number of nitrogens with zero attached hydrogens (tertiary/aromatic N) is 1. The van der Waals surface area contributed by atoms with Crippen molar-refractivity contribution in [2.24, 2.45) is 0 Å². The molecule has 0 saturated heterocycles. The average Bonchev–Trinajstić information content (AvgIpc) is 3.51. The average molecular weight is 1220 g/mol. The minimum atomic E-state index is -4.64. The Morgan fingerprint density at radius 2 is 0.635 bits per heavy atom. The van der Waals surface area contributed by atoms with E-state index < -0.39 is 26.5 Å². The standard InChI is InChI=1S/C75H146NO8P/c1-6-8-10-12-14-16-18-20-22-24-26-28-30-32-34-35-36-37-38-39-40-41-42-44-46-48-50-52-54-56-58-60-62-64-66-68-75(78)84-73(72-83-85(79,80)82-70-69-76(3,4)5)71-81-74(77)67-65-63-61-59-57-55-53-51-49-47-45-43-33-31-29-27-25-23-21-19-17-15-13-11-9-7-2/h18,20,24,26,73H,6-17,19,21-23,25,27-72H2,1-5H3/b20-18-,26-24-. The van der Waals surface area contributed by atoms with Gasteiger partial charge in [0.2, 0.25) is 0 Å². The molecule has 0 saturated carbocycles. The maximum absolute atomic E-state index is 12.9. The fraction of sp³-hybridized carbons (Fsp3) is 0.920. The number of esters is 2. The molecule has 0 aliphatic carbocycles. The van der Waals surface area contributed by atoms with Crippen molar-refractivity contribution in [1.29, 1.82) is 0 Å². The molecule has 0 aliphatic rings. The van der Waals surface area contributed by atoms with Crippen molar-refractivity contribution in [1.82, 2.24) is 0 Å². The molecule has 10 heteroatoms. The molecule has 2 unspecified atom stereocenters. The first kappa shape index (κ1) is 83.5. The van der Waals surface area contributed by atoms with Gasteiger partial charge in [0.15, 0.2) is 6.10 Å². The molecule has 0 bridgehead atoms. The van der Waals surface area contributed by atoms with Gasteiger partial charge in [0.25, 0.3) is 7.82 Å². The second-order valence-electron chi connectivity index (χ2n) is 27.0. The third kappa shape index (κ3) is 71.4. The smallest absolute Gasteiger partial charge is 0.306 e. The molecule has 0 aliphatic heterocycles. The molecule has 0 aromatic carbocycles. The number of allylic oxidation sites excluding steroid dienone is 4. The summed E-state index contributed by atoms with van der Waals surface area (Å²) in [5.41, 5.74) is 0. The molecule has 0 spiro atoms. The first-order valence-electron chi connectivity index (χ1n) is 37.5. The lowest BCUT2D eigenvalue weighted by molar-refractivity contribution is -0.870. The van der Waals surface area contributed by atoms with Gasteiger partial charge >= 0.3 is 11.9 Å². The molecule has 0 radical (unpaired) electrons. The van der Waals surface area contributed by atoms with E-state index in [9.17, 15) is 19.0 Å². The van der Waals surface area contributed by atoms with Crippen molar-refractivity contribution in [3.8, 4) is 0 Å². The van der Waals surface area contributed by atoms with Gasteiger partial charge in [-0.2, -0.15) is 0 Å². The number of ether oxygens (including phenoxy) is 2. The summed E-state index contributed by atoms with van der Waals surface area (Å²) < 4.78 is 34.4. The first-order valence-corrected chi connectivity index (χ1v) is 39.0. The molecule has 0 N–H and O–H groups in total. The quantitative estimate of drug-likeness (QED) is 0.0195. The molecule has 0 aromatic rings. The summed E-state index contributed by atoms with van der Waals surface area (Å²) in [7, 11) is 1.19. The SMILES string of the molecule is CCCCCCC/C=C\C/C=C\CCCCCCCCCCCCCCCCCCCCCCCCCC(=O)OC(COC(=O)CCCCCCCCCCCCCCCCCCCCCCCCCCCC)COP(=O)([O-])OCC[N+](C)(C)C. The molecule has 0 fully saturated rings. The Balaban J connectivity index is 3.93. The van der Waals surface area contributed by atoms with Crippen LogP contribution in [0.5, 0.6) is 0 Å². The predicted molar refractivity (Wildman–Crippen MR) is 365 cm³/mol. The van der Waals surface area contributed by atoms with Gasteiger partial charge in [-0.25, -0.2) is 0 Å². The normalized spacial score (nSPS) is 13.2. The van der Waals surface area contributed by atoms with Crippen molar-refractivity contribution in [3.05, 3.63) is 24.3 Å². The summed E-state index contributed by atoms with van der Waals surface area (Å²) in [5, 5.41) is 0. The molecule has 0 aromatic heterocycles. The van der Waals surface area contributed by atoms with Gasteiger partial charge < -0.3 is 27.9 Å². The Labute approximate surface area is 529 Å². The topological polar surface area (TPSA) is 111 Å². The van der Waals surface area contributed by atoms with Crippen LogP contribution in [0.25, 0.3) is 0 Å². The Morgan fingerprint density at radius 1 is 0.365 bits per heavy atom. The van der Waals surface area contributed by atoms with Crippen molar-refractivity contribution in [3.63, 3.8) is 0 Å². The number of likely N-dealkylation sites (N-methyl/N-ethyl adjacent to an activating group) is 1. The van der Waals surface area contributed by atoms with Crippen LogP contribution in [0.4, 0.5) is 0 Å².